The molecule has 0 unspecified atom stereocenters. The average molecular weight is 248 g/mol. The van der Waals surface area contributed by atoms with E-state index >= 15 is 0 Å². The standard InChI is InChI=1S/C14H20N2O2/c17-14(13-9-15-10-13)16-7-4-8-18-11-12-5-2-1-3-6-12/h1-3,5-6,13,15H,4,7-11H2,(H,16,17). The van der Waals surface area contributed by atoms with E-state index in [1.165, 1.54) is 5.56 Å². The van der Waals surface area contributed by atoms with E-state index in [4.69, 9.17) is 4.74 Å². The maximum Gasteiger partial charge on any atom is 0.225 e. The molecule has 2 N–H and O–H groups in total. The first kappa shape index (κ1) is 13.1. The molecule has 2 rings (SSSR count). The molecule has 1 saturated heterocycles. The lowest BCUT2D eigenvalue weighted by Crippen LogP contribution is -2.50. The van der Waals surface area contributed by atoms with Crippen LogP contribution in [0.2, 0.25) is 0 Å². The van der Waals surface area contributed by atoms with Gasteiger partial charge in [0, 0.05) is 26.2 Å². The summed E-state index contributed by atoms with van der Waals surface area (Å²) in [5.41, 5.74) is 1.18. The molecule has 18 heavy (non-hydrogen) atoms. The summed E-state index contributed by atoms with van der Waals surface area (Å²) in [4.78, 5) is 11.5. The molecule has 1 aliphatic heterocycles. The second-order valence-corrected chi connectivity index (χ2v) is 4.54. The number of ether oxygens (including phenoxy) is 1. The second-order valence-electron chi connectivity index (χ2n) is 4.54. The number of rotatable bonds is 7. The van der Waals surface area contributed by atoms with Crippen LogP contribution in [0.1, 0.15) is 12.0 Å². The van der Waals surface area contributed by atoms with E-state index in [-0.39, 0.29) is 11.8 Å². The predicted molar refractivity (Wildman–Crippen MR) is 70.1 cm³/mol. The molecule has 4 nitrogen and oxygen atoms in total. The van der Waals surface area contributed by atoms with Gasteiger partial charge in [0.05, 0.1) is 12.5 Å². The van der Waals surface area contributed by atoms with E-state index in [2.05, 4.69) is 10.6 Å². The zero-order chi connectivity index (χ0) is 12.6. The molecular formula is C14H20N2O2. The quantitative estimate of drug-likeness (QED) is 0.706. The fourth-order valence-electron chi connectivity index (χ4n) is 1.77. The molecule has 0 atom stereocenters. The van der Waals surface area contributed by atoms with Gasteiger partial charge in [0.25, 0.3) is 0 Å². The summed E-state index contributed by atoms with van der Waals surface area (Å²) in [7, 11) is 0. The Morgan fingerprint density at radius 3 is 2.78 bits per heavy atom. The van der Waals surface area contributed by atoms with Crippen LogP contribution in [0.3, 0.4) is 0 Å². The van der Waals surface area contributed by atoms with Gasteiger partial charge in [-0.05, 0) is 12.0 Å². The van der Waals surface area contributed by atoms with Crippen LogP contribution in [0.15, 0.2) is 30.3 Å². The number of amides is 1. The largest absolute Gasteiger partial charge is 0.377 e. The van der Waals surface area contributed by atoms with Crippen molar-refractivity contribution in [3.05, 3.63) is 35.9 Å². The van der Waals surface area contributed by atoms with Crippen molar-refractivity contribution in [1.82, 2.24) is 10.6 Å². The van der Waals surface area contributed by atoms with E-state index in [9.17, 15) is 4.79 Å². The minimum Gasteiger partial charge on any atom is -0.377 e. The molecule has 1 aromatic carbocycles. The molecule has 0 aliphatic carbocycles. The molecular weight excluding hydrogens is 228 g/mol. The molecule has 98 valence electrons. The molecule has 1 fully saturated rings. The minimum atomic E-state index is 0.164. The topological polar surface area (TPSA) is 50.4 Å². The van der Waals surface area contributed by atoms with Gasteiger partial charge >= 0.3 is 0 Å². The van der Waals surface area contributed by atoms with Gasteiger partial charge in [-0.3, -0.25) is 4.79 Å². The van der Waals surface area contributed by atoms with Gasteiger partial charge in [0.15, 0.2) is 0 Å². The van der Waals surface area contributed by atoms with Crippen molar-refractivity contribution in [2.75, 3.05) is 26.2 Å². The highest BCUT2D eigenvalue weighted by Gasteiger charge is 2.23. The number of benzene rings is 1. The highest BCUT2D eigenvalue weighted by molar-refractivity contribution is 5.79. The van der Waals surface area contributed by atoms with Gasteiger partial charge in [-0.15, -0.1) is 0 Å². The van der Waals surface area contributed by atoms with Crippen LogP contribution in [0, 0.1) is 5.92 Å². The summed E-state index contributed by atoms with van der Waals surface area (Å²) in [6.45, 7) is 3.65. The molecule has 0 saturated carbocycles. The van der Waals surface area contributed by atoms with Crippen LogP contribution in [0.5, 0.6) is 0 Å². The fraction of sp³-hybridized carbons (Fsp3) is 0.500. The number of carbonyl (C=O) groups excluding carboxylic acids is 1. The summed E-state index contributed by atoms with van der Waals surface area (Å²) in [5, 5.41) is 6.01. The molecule has 1 amide bonds. The predicted octanol–water partition coefficient (Wildman–Crippen LogP) is 0.929. The smallest absolute Gasteiger partial charge is 0.225 e. The number of nitrogens with one attached hydrogen (secondary N) is 2. The molecule has 4 heteroatoms. The lowest BCUT2D eigenvalue weighted by atomic mass is 10.0. The first-order chi connectivity index (χ1) is 8.86. The van der Waals surface area contributed by atoms with Crippen LogP contribution in [0.4, 0.5) is 0 Å². The highest BCUT2D eigenvalue weighted by atomic mass is 16.5. The van der Waals surface area contributed by atoms with Gasteiger partial charge in [-0.25, -0.2) is 0 Å². The summed E-state index contributed by atoms with van der Waals surface area (Å²) in [5.74, 6) is 0.340. The van der Waals surface area contributed by atoms with Crippen molar-refractivity contribution in [2.24, 2.45) is 5.92 Å². The van der Waals surface area contributed by atoms with Crippen molar-refractivity contribution >= 4 is 5.91 Å². The molecule has 1 heterocycles. The SMILES string of the molecule is O=C(NCCCOCc1ccccc1)C1CNC1. The first-order valence-corrected chi connectivity index (χ1v) is 6.46. The van der Waals surface area contributed by atoms with E-state index in [0.29, 0.717) is 19.8 Å². The van der Waals surface area contributed by atoms with Crippen molar-refractivity contribution in [3.8, 4) is 0 Å². The van der Waals surface area contributed by atoms with Gasteiger partial charge in [-0.1, -0.05) is 30.3 Å². The Morgan fingerprint density at radius 1 is 1.33 bits per heavy atom. The van der Waals surface area contributed by atoms with Gasteiger partial charge in [-0.2, -0.15) is 0 Å². The van der Waals surface area contributed by atoms with E-state index < -0.39 is 0 Å². The number of carbonyl (C=O) groups is 1. The zero-order valence-corrected chi connectivity index (χ0v) is 10.5. The third kappa shape index (κ3) is 4.13. The van der Waals surface area contributed by atoms with Crippen molar-refractivity contribution in [1.29, 1.82) is 0 Å². The molecule has 1 aromatic rings. The summed E-state index contributed by atoms with van der Waals surface area (Å²) >= 11 is 0. The third-order valence-electron chi connectivity index (χ3n) is 3.03. The maximum atomic E-state index is 11.5. The Kier molecular flexibility index (Phi) is 5.17. The molecule has 1 aliphatic rings. The monoisotopic (exact) mass is 248 g/mol. The van der Waals surface area contributed by atoms with Gasteiger partial charge in [0.1, 0.15) is 0 Å². The van der Waals surface area contributed by atoms with E-state index in [1.54, 1.807) is 0 Å². The van der Waals surface area contributed by atoms with Crippen LogP contribution in [0.25, 0.3) is 0 Å². The van der Waals surface area contributed by atoms with Crippen molar-refractivity contribution in [3.63, 3.8) is 0 Å². The zero-order valence-electron chi connectivity index (χ0n) is 10.5. The van der Waals surface area contributed by atoms with Gasteiger partial charge < -0.3 is 15.4 Å². The van der Waals surface area contributed by atoms with Crippen molar-refractivity contribution < 1.29 is 9.53 Å². The fourth-order valence-corrected chi connectivity index (χ4v) is 1.77. The second kappa shape index (κ2) is 7.13. The summed E-state index contributed by atoms with van der Waals surface area (Å²) in [6.07, 6.45) is 0.860. The first-order valence-electron chi connectivity index (χ1n) is 6.46. The van der Waals surface area contributed by atoms with Crippen LogP contribution < -0.4 is 10.6 Å². The number of hydrogen-bond acceptors (Lipinski definition) is 3. The Balaban J connectivity index is 1.47. The summed E-state index contributed by atoms with van der Waals surface area (Å²) in [6, 6.07) is 10.1. The van der Waals surface area contributed by atoms with Crippen LogP contribution in [-0.2, 0) is 16.1 Å². The molecule has 0 spiro atoms. The Morgan fingerprint density at radius 2 is 2.11 bits per heavy atom. The number of hydrogen-bond donors (Lipinski definition) is 2. The Hall–Kier alpha value is -1.39. The summed E-state index contributed by atoms with van der Waals surface area (Å²) < 4.78 is 5.54. The van der Waals surface area contributed by atoms with Crippen molar-refractivity contribution in [2.45, 2.75) is 13.0 Å². The lowest BCUT2D eigenvalue weighted by molar-refractivity contribution is -0.126. The minimum absolute atomic E-state index is 0.164. The Labute approximate surface area is 108 Å². The highest BCUT2D eigenvalue weighted by Crippen LogP contribution is 2.02. The van der Waals surface area contributed by atoms with Gasteiger partial charge in [0.2, 0.25) is 5.91 Å². The lowest BCUT2D eigenvalue weighted by Gasteiger charge is -2.25. The van der Waals surface area contributed by atoms with E-state index in [0.717, 1.165) is 19.5 Å². The normalized spacial score (nSPS) is 15.1. The molecule has 0 aromatic heterocycles. The third-order valence-corrected chi connectivity index (χ3v) is 3.03. The Bertz CT molecular complexity index is 363. The average Bonchev–Trinajstić information content (AvgIpc) is 2.33. The van der Waals surface area contributed by atoms with E-state index in [1.807, 2.05) is 30.3 Å². The molecule has 0 radical (unpaired) electrons. The maximum absolute atomic E-state index is 11.5. The van der Waals surface area contributed by atoms with Crippen LogP contribution in [-0.4, -0.2) is 32.1 Å². The van der Waals surface area contributed by atoms with Crippen LogP contribution >= 0.6 is 0 Å². The molecule has 0 bridgehead atoms.